The molecule has 1 aliphatic heterocycles. The number of aliphatic hydroxyl groups is 1. The van der Waals surface area contributed by atoms with Crippen molar-refractivity contribution in [3.8, 4) is 6.07 Å². The van der Waals surface area contributed by atoms with E-state index in [9.17, 15) is 0 Å². The molecule has 4 nitrogen and oxygen atoms in total. The highest BCUT2D eigenvalue weighted by atomic mass is 16.3. The van der Waals surface area contributed by atoms with Gasteiger partial charge in [-0.25, -0.2) is 0 Å². The van der Waals surface area contributed by atoms with Crippen molar-refractivity contribution in [1.29, 1.82) is 5.26 Å². The van der Waals surface area contributed by atoms with E-state index in [4.69, 9.17) is 10.4 Å². The second-order valence-corrected chi connectivity index (χ2v) is 4.53. The van der Waals surface area contributed by atoms with Crippen molar-refractivity contribution in [3.05, 3.63) is 29.8 Å². The second kappa shape index (κ2) is 6.39. The summed E-state index contributed by atoms with van der Waals surface area (Å²) in [4.78, 5) is 4.63. The zero-order valence-electron chi connectivity index (χ0n) is 10.5. The molecule has 4 heteroatoms. The van der Waals surface area contributed by atoms with E-state index in [1.54, 1.807) is 0 Å². The van der Waals surface area contributed by atoms with Crippen molar-refractivity contribution < 1.29 is 5.11 Å². The fraction of sp³-hybridized carbons (Fsp3) is 0.500. The molecule has 0 bridgehead atoms. The molecule has 1 saturated heterocycles. The lowest BCUT2D eigenvalue weighted by molar-refractivity contribution is 0.216. The number of anilines is 1. The number of hydrogen-bond donors (Lipinski definition) is 1. The first-order chi connectivity index (χ1) is 8.85. The van der Waals surface area contributed by atoms with Gasteiger partial charge >= 0.3 is 0 Å². The van der Waals surface area contributed by atoms with Crippen LogP contribution in [0.2, 0.25) is 0 Å². The lowest BCUT2D eigenvalue weighted by Crippen LogP contribution is -2.47. The molecule has 1 aromatic carbocycles. The predicted octanol–water partition coefficient (Wildman–Crippen LogP) is 1.06. The third-order valence-corrected chi connectivity index (χ3v) is 3.37. The van der Waals surface area contributed by atoms with Crippen LogP contribution in [0, 0.1) is 11.3 Å². The summed E-state index contributed by atoms with van der Waals surface area (Å²) in [5, 5.41) is 17.9. The van der Waals surface area contributed by atoms with E-state index in [-0.39, 0.29) is 6.61 Å². The largest absolute Gasteiger partial charge is 0.396 e. The normalized spacial score (nSPS) is 16.6. The van der Waals surface area contributed by atoms with Crippen LogP contribution in [0.1, 0.15) is 12.0 Å². The van der Waals surface area contributed by atoms with Crippen LogP contribution in [-0.4, -0.2) is 49.3 Å². The number of benzene rings is 1. The number of piperazine rings is 1. The Balaban J connectivity index is 1.95. The Morgan fingerprint density at radius 1 is 1.17 bits per heavy atom. The summed E-state index contributed by atoms with van der Waals surface area (Å²) in [6.45, 7) is 5.12. The molecule has 1 aromatic rings. The summed E-state index contributed by atoms with van der Waals surface area (Å²) in [5.41, 5.74) is 1.79. The third kappa shape index (κ3) is 3.00. The van der Waals surface area contributed by atoms with Gasteiger partial charge in [0, 0.05) is 39.3 Å². The highest BCUT2D eigenvalue weighted by molar-refractivity contribution is 5.59. The Morgan fingerprint density at radius 2 is 1.89 bits per heavy atom. The summed E-state index contributed by atoms with van der Waals surface area (Å²) in [5.74, 6) is 0. The maximum absolute atomic E-state index is 9.10. The number of rotatable bonds is 4. The standard InChI is InChI=1S/C14H19N3O/c15-12-13-4-1-2-5-14(13)17-9-7-16(8-10-17)6-3-11-18/h1-2,4-5,18H,3,6-11H2. The Labute approximate surface area is 108 Å². The predicted molar refractivity (Wildman–Crippen MR) is 71.5 cm³/mol. The highest BCUT2D eigenvalue weighted by Gasteiger charge is 2.18. The van der Waals surface area contributed by atoms with Gasteiger partial charge in [0.2, 0.25) is 0 Å². The maximum Gasteiger partial charge on any atom is 0.101 e. The SMILES string of the molecule is N#Cc1ccccc1N1CCN(CCCO)CC1. The van der Waals surface area contributed by atoms with Gasteiger partial charge in [0.15, 0.2) is 0 Å². The monoisotopic (exact) mass is 245 g/mol. The van der Waals surface area contributed by atoms with E-state index in [0.29, 0.717) is 0 Å². The van der Waals surface area contributed by atoms with Crippen molar-refractivity contribution in [2.75, 3.05) is 44.2 Å². The van der Waals surface area contributed by atoms with Crippen LogP contribution in [0.5, 0.6) is 0 Å². The smallest absolute Gasteiger partial charge is 0.101 e. The van der Waals surface area contributed by atoms with Crippen molar-refractivity contribution in [2.45, 2.75) is 6.42 Å². The Kier molecular flexibility index (Phi) is 4.57. The molecule has 1 N–H and O–H groups in total. The van der Waals surface area contributed by atoms with E-state index in [2.05, 4.69) is 15.9 Å². The molecular weight excluding hydrogens is 226 g/mol. The van der Waals surface area contributed by atoms with E-state index < -0.39 is 0 Å². The van der Waals surface area contributed by atoms with Crippen molar-refractivity contribution in [1.82, 2.24) is 4.90 Å². The summed E-state index contributed by atoms with van der Waals surface area (Å²) in [7, 11) is 0. The quantitative estimate of drug-likeness (QED) is 0.862. The molecule has 0 aromatic heterocycles. The van der Waals surface area contributed by atoms with Gasteiger partial charge in [-0.2, -0.15) is 5.26 Å². The van der Waals surface area contributed by atoms with E-state index in [1.807, 2.05) is 24.3 Å². The summed E-state index contributed by atoms with van der Waals surface area (Å²) >= 11 is 0. The maximum atomic E-state index is 9.10. The number of para-hydroxylation sites is 1. The minimum absolute atomic E-state index is 0.261. The molecule has 0 spiro atoms. The molecule has 18 heavy (non-hydrogen) atoms. The molecule has 0 atom stereocenters. The van der Waals surface area contributed by atoms with Crippen LogP contribution in [0.4, 0.5) is 5.69 Å². The number of aliphatic hydroxyl groups excluding tert-OH is 1. The minimum atomic E-state index is 0.261. The van der Waals surface area contributed by atoms with E-state index in [1.165, 1.54) is 0 Å². The molecule has 0 unspecified atom stereocenters. The fourth-order valence-electron chi connectivity index (χ4n) is 2.35. The van der Waals surface area contributed by atoms with Crippen LogP contribution in [-0.2, 0) is 0 Å². The summed E-state index contributed by atoms with van der Waals surface area (Å²) in [6, 6.07) is 10.0. The first kappa shape index (κ1) is 12.9. The van der Waals surface area contributed by atoms with Gasteiger partial charge in [-0.3, -0.25) is 4.90 Å². The topological polar surface area (TPSA) is 50.5 Å². The molecule has 1 aliphatic rings. The fourth-order valence-corrected chi connectivity index (χ4v) is 2.35. The minimum Gasteiger partial charge on any atom is -0.396 e. The Hall–Kier alpha value is -1.57. The van der Waals surface area contributed by atoms with Gasteiger partial charge in [-0.05, 0) is 18.6 Å². The molecule has 96 valence electrons. The Morgan fingerprint density at radius 3 is 2.56 bits per heavy atom. The molecule has 0 amide bonds. The van der Waals surface area contributed by atoms with Crippen molar-refractivity contribution >= 4 is 5.69 Å². The van der Waals surface area contributed by atoms with Gasteiger partial charge in [0.25, 0.3) is 0 Å². The molecular formula is C14H19N3O. The first-order valence-electron chi connectivity index (χ1n) is 6.42. The summed E-state index contributed by atoms with van der Waals surface area (Å²) < 4.78 is 0. The van der Waals surface area contributed by atoms with Gasteiger partial charge in [0.1, 0.15) is 6.07 Å². The van der Waals surface area contributed by atoms with E-state index in [0.717, 1.165) is 50.4 Å². The zero-order valence-corrected chi connectivity index (χ0v) is 10.5. The van der Waals surface area contributed by atoms with Crippen LogP contribution in [0.25, 0.3) is 0 Å². The van der Waals surface area contributed by atoms with Crippen LogP contribution >= 0.6 is 0 Å². The number of nitriles is 1. The molecule has 1 fully saturated rings. The van der Waals surface area contributed by atoms with Gasteiger partial charge in [-0.15, -0.1) is 0 Å². The van der Waals surface area contributed by atoms with Crippen LogP contribution < -0.4 is 4.90 Å². The number of hydrogen-bond acceptors (Lipinski definition) is 4. The van der Waals surface area contributed by atoms with Gasteiger partial charge in [0.05, 0.1) is 11.3 Å². The Bertz CT molecular complexity index is 419. The van der Waals surface area contributed by atoms with Gasteiger partial charge < -0.3 is 10.0 Å². The van der Waals surface area contributed by atoms with Crippen molar-refractivity contribution in [2.24, 2.45) is 0 Å². The lowest BCUT2D eigenvalue weighted by atomic mass is 10.1. The molecule has 1 heterocycles. The van der Waals surface area contributed by atoms with Crippen LogP contribution in [0.3, 0.4) is 0 Å². The van der Waals surface area contributed by atoms with Crippen LogP contribution in [0.15, 0.2) is 24.3 Å². The van der Waals surface area contributed by atoms with E-state index >= 15 is 0 Å². The first-order valence-corrected chi connectivity index (χ1v) is 6.42. The van der Waals surface area contributed by atoms with Gasteiger partial charge in [-0.1, -0.05) is 12.1 Å². The highest BCUT2D eigenvalue weighted by Crippen LogP contribution is 2.20. The average Bonchev–Trinajstić information content (AvgIpc) is 2.45. The summed E-state index contributed by atoms with van der Waals surface area (Å²) in [6.07, 6.45) is 0.842. The third-order valence-electron chi connectivity index (χ3n) is 3.37. The molecule has 2 rings (SSSR count). The lowest BCUT2D eigenvalue weighted by Gasteiger charge is -2.36. The molecule has 0 saturated carbocycles. The molecule has 0 radical (unpaired) electrons. The zero-order chi connectivity index (χ0) is 12.8. The van der Waals surface area contributed by atoms with Crippen molar-refractivity contribution in [3.63, 3.8) is 0 Å². The average molecular weight is 245 g/mol. The molecule has 0 aliphatic carbocycles. The number of nitrogens with zero attached hydrogens (tertiary/aromatic N) is 3. The second-order valence-electron chi connectivity index (χ2n) is 4.53.